The Balaban J connectivity index is 2.67. The summed E-state index contributed by atoms with van der Waals surface area (Å²) in [5, 5.41) is 2.78. The normalized spacial score (nSPS) is 11.6. The molecule has 1 N–H and O–H groups in total. The van der Waals surface area contributed by atoms with E-state index in [2.05, 4.69) is 5.32 Å². The number of carbonyl (C=O) groups excluding carboxylic acids is 2. The molecule has 1 aromatic carbocycles. The van der Waals surface area contributed by atoms with E-state index in [-0.39, 0.29) is 25.0 Å². The van der Waals surface area contributed by atoms with Gasteiger partial charge in [-0.2, -0.15) is 0 Å². The fourth-order valence-electron chi connectivity index (χ4n) is 2.06. The Morgan fingerprint density at radius 3 is 2.00 bits per heavy atom. The van der Waals surface area contributed by atoms with Crippen LogP contribution in [0.15, 0.2) is 12.1 Å². The van der Waals surface area contributed by atoms with Crippen molar-refractivity contribution in [2.75, 3.05) is 27.9 Å². The molecule has 0 heterocycles. The quantitative estimate of drug-likeness (QED) is 0.683. The van der Waals surface area contributed by atoms with Crippen LogP contribution >= 0.6 is 0 Å². The average molecular weight is 353 g/mol. The van der Waals surface area contributed by atoms with Crippen LogP contribution in [0.25, 0.3) is 0 Å². The van der Waals surface area contributed by atoms with Crippen molar-refractivity contribution in [2.24, 2.45) is 5.92 Å². The highest BCUT2D eigenvalue weighted by molar-refractivity contribution is 5.81. The number of hydrogen-bond donors (Lipinski definition) is 1. The molecule has 0 aliphatic heterocycles. The molecule has 0 aliphatic rings. The second kappa shape index (κ2) is 9.76. The first-order valence-electron chi connectivity index (χ1n) is 8.06. The van der Waals surface area contributed by atoms with Gasteiger partial charge in [0.05, 0.1) is 27.8 Å². The Bertz CT molecular complexity index is 574. The molecule has 1 aromatic rings. The summed E-state index contributed by atoms with van der Waals surface area (Å²) in [6, 6.07) is 3.36. The largest absolute Gasteiger partial charge is 0.493 e. The van der Waals surface area contributed by atoms with Gasteiger partial charge >= 0.3 is 5.97 Å². The molecule has 0 spiro atoms. The molecule has 0 aromatic heterocycles. The van der Waals surface area contributed by atoms with E-state index in [9.17, 15) is 9.59 Å². The van der Waals surface area contributed by atoms with E-state index in [0.29, 0.717) is 28.7 Å². The fraction of sp³-hybridized carbons (Fsp3) is 0.556. The highest BCUT2D eigenvalue weighted by Gasteiger charge is 2.17. The molecule has 140 valence electrons. The number of rotatable bonds is 9. The zero-order chi connectivity index (χ0) is 19.0. The minimum Gasteiger partial charge on any atom is -0.493 e. The van der Waals surface area contributed by atoms with Gasteiger partial charge in [-0.1, -0.05) is 13.8 Å². The fourth-order valence-corrected chi connectivity index (χ4v) is 2.06. The van der Waals surface area contributed by atoms with E-state index >= 15 is 0 Å². The number of methoxy groups -OCH3 is 3. The maximum Gasteiger partial charge on any atom is 0.310 e. The first-order valence-corrected chi connectivity index (χ1v) is 8.06. The molecule has 0 bridgehead atoms. The maximum absolute atomic E-state index is 12.0. The Labute approximate surface area is 148 Å². The second-order valence-electron chi connectivity index (χ2n) is 5.97. The van der Waals surface area contributed by atoms with Gasteiger partial charge in [-0.3, -0.25) is 9.59 Å². The van der Waals surface area contributed by atoms with Crippen LogP contribution in [0.4, 0.5) is 0 Å². The number of ether oxygens (including phenoxy) is 4. The van der Waals surface area contributed by atoms with Gasteiger partial charge < -0.3 is 24.3 Å². The standard InChI is InChI=1S/C18H27NO6/c1-11(2)12(3)19-16(20)10-25-17(21)9-13-7-14(22-4)18(24-6)15(8-13)23-5/h7-8,11-12H,9-10H2,1-6H3,(H,19,20). The monoisotopic (exact) mass is 353 g/mol. The van der Waals surface area contributed by atoms with Crippen LogP contribution in [0.3, 0.4) is 0 Å². The van der Waals surface area contributed by atoms with E-state index in [0.717, 1.165) is 0 Å². The number of hydrogen-bond acceptors (Lipinski definition) is 6. The van der Waals surface area contributed by atoms with Crippen molar-refractivity contribution in [3.05, 3.63) is 17.7 Å². The van der Waals surface area contributed by atoms with E-state index in [1.54, 1.807) is 12.1 Å². The average Bonchev–Trinajstić information content (AvgIpc) is 2.58. The summed E-state index contributed by atoms with van der Waals surface area (Å²) >= 11 is 0. The van der Waals surface area contributed by atoms with Crippen molar-refractivity contribution in [1.82, 2.24) is 5.32 Å². The molecule has 0 saturated carbocycles. The second-order valence-corrected chi connectivity index (χ2v) is 5.97. The molecule has 1 rings (SSSR count). The molecule has 0 fully saturated rings. The van der Waals surface area contributed by atoms with Crippen molar-refractivity contribution in [1.29, 1.82) is 0 Å². The number of amides is 1. The van der Waals surface area contributed by atoms with Crippen molar-refractivity contribution in [2.45, 2.75) is 33.2 Å². The zero-order valence-corrected chi connectivity index (χ0v) is 15.7. The lowest BCUT2D eigenvalue weighted by molar-refractivity contribution is -0.148. The van der Waals surface area contributed by atoms with Crippen LogP contribution in [-0.2, 0) is 20.7 Å². The van der Waals surface area contributed by atoms with Crippen LogP contribution in [-0.4, -0.2) is 45.9 Å². The summed E-state index contributed by atoms with van der Waals surface area (Å²) in [5.74, 6) is 0.824. The highest BCUT2D eigenvalue weighted by Crippen LogP contribution is 2.38. The predicted molar refractivity (Wildman–Crippen MR) is 93.2 cm³/mol. The summed E-state index contributed by atoms with van der Waals surface area (Å²) < 4.78 is 20.8. The third-order valence-electron chi connectivity index (χ3n) is 3.83. The molecule has 1 atom stereocenters. The third kappa shape index (κ3) is 6.17. The molecule has 0 radical (unpaired) electrons. The summed E-state index contributed by atoms with van der Waals surface area (Å²) in [4.78, 5) is 23.7. The van der Waals surface area contributed by atoms with E-state index in [4.69, 9.17) is 18.9 Å². The molecule has 7 heteroatoms. The van der Waals surface area contributed by atoms with Crippen LogP contribution in [0.1, 0.15) is 26.3 Å². The minimum absolute atomic E-state index is 0.0102. The molecular formula is C18H27NO6. The number of nitrogens with one attached hydrogen (secondary N) is 1. The van der Waals surface area contributed by atoms with Crippen molar-refractivity contribution in [3.8, 4) is 17.2 Å². The Morgan fingerprint density at radius 2 is 1.56 bits per heavy atom. The lowest BCUT2D eigenvalue weighted by Crippen LogP contribution is -2.38. The summed E-state index contributed by atoms with van der Waals surface area (Å²) in [7, 11) is 4.50. The van der Waals surface area contributed by atoms with Crippen molar-refractivity contribution >= 4 is 11.9 Å². The van der Waals surface area contributed by atoms with E-state index in [1.807, 2.05) is 20.8 Å². The molecule has 1 amide bonds. The molecule has 1 unspecified atom stereocenters. The SMILES string of the molecule is COc1cc(CC(=O)OCC(=O)NC(C)C(C)C)cc(OC)c1OC. The van der Waals surface area contributed by atoms with Gasteiger partial charge in [-0.25, -0.2) is 0 Å². The lowest BCUT2D eigenvalue weighted by atomic mass is 10.1. The predicted octanol–water partition coefficient (Wildman–Crippen LogP) is 1.96. The van der Waals surface area contributed by atoms with Crippen LogP contribution in [0.2, 0.25) is 0 Å². The Hall–Kier alpha value is -2.44. The topological polar surface area (TPSA) is 83.1 Å². The molecule has 25 heavy (non-hydrogen) atoms. The zero-order valence-electron chi connectivity index (χ0n) is 15.7. The summed E-state index contributed by atoms with van der Waals surface area (Å²) in [6.07, 6.45) is -0.0102. The van der Waals surface area contributed by atoms with Gasteiger partial charge in [0.15, 0.2) is 18.1 Å². The van der Waals surface area contributed by atoms with E-state index < -0.39 is 5.97 Å². The Morgan fingerprint density at radius 1 is 1.00 bits per heavy atom. The first kappa shape index (κ1) is 20.6. The van der Waals surface area contributed by atoms with Crippen LogP contribution in [0, 0.1) is 5.92 Å². The first-order chi connectivity index (χ1) is 11.8. The Kier molecular flexibility index (Phi) is 8.04. The number of benzene rings is 1. The van der Waals surface area contributed by atoms with E-state index in [1.165, 1.54) is 21.3 Å². The smallest absolute Gasteiger partial charge is 0.310 e. The molecule has 7 nitrogen and oxygen atoms in total. The maximum atomic E-state index is 12.0. The van der Waals surface area contributed by atoms with Crippen molar-refractivity contribution < 1.29 is 28.5 Å². The highest BCUT2D eigenvalue weighted by atomic mass is 16.5. The van der Waals surface area contributed by atoms with Crippen LogP contribution in [0.5, 0.6) is 17.2 Å². The van der Waals surface area contributed by atoms with Gasteiger partial charge in [-0.15, -0.1) is 0 Å². The van der Waals surface area contributed by atoms with Gasteiger partial charge in [0, 0.05) is 6.04 Å². The molecular weight excluding hydrogens is 326 g/mol. The number of esters is 1. The molecule has 0 saturated heterocycles. The third-order valence-corrected chi connectivity index (χ3v) is 3.83. The number of carbonyl (C=O) groups is 2. The van der Waals surface area contributed by atoms with Gasteiger partial charge in [0.2, 0.25) is 5.75 Å². The van der Waals surface area contributed by atoms with Crippen LogP contribution < -0.4 is 19.5 Å². The van der Waals surface area contributed by atoms with Gasteiger partial charge in [-0.05, 0) is 30.5 Å². The minimum atomic E-state index is -0.512. The summed E-state index contributed by atoms with van der Waals surface area (Å²) in [5.41, 5.74) is 0.635. The summed E-state index contributed by atoms with van der Waals surface area (Å²) in [6.45, 7) is 5.60. The van der Waals surface area contributed by atoms with Crippen molar-refractivity contribution in [3.63, 3.8) is 0 Å². The molecule has 0 aliphatic carbocycles. The lowest BCUT2D eigenvalue weighted by Gasteiger charge is -2.17. The van der Waals surface area contributed by atoms with Gasteiger partial charge in [0.25, 0.3) is 5.91 Å². The van der Waals surface area contributed by atoms with Gasteiger partial charge in [0.1, 0.15) is 0 Å².